The molecule has 2 N–H and O–H groups in total. The van der Waals surface area contributed by atoms with Crippen LogP contribution >= 0.6 is 0 Å². The number of hydrogen-bond acceptors (Lipinski definition) is 3. The molecule has 2 aromatic carbocycles. The summed E-state index contributed by atoms with van der Waals surface area (Å²) in [6.07, 6.45) is 4.51. The van der Waals surface area contributed by atoms with Crippen molar-refractivity contribution in [2.75, 3.05) is 25.0 Å². The maximum absolute atomic E-state index is 13.3. The molecule has 0 atom stereocenters. The van der Waals surface area contributed by atoms with Gasteiger partial charge in [-0.2, -0.15) is 0 Å². The summed E-state index contributed by atoms with van der Waals surface area (Å²) in [5.74, 6) is 0.0906. The third-order valence-electron chi connectivity index (χ3n) is 5.36. The van der Waals surface area contributed by atoms with Crippen molar-refractivity contribution in [1.29, 1.82) is 0 Å². The standard InChI is InChI=1S/C21H23N3O/c25-20(24-19-7-6-16-8-11-23-15-17(16)14-19)21(9-12-22-13-10-21)18-4-2-1-3-5-18/h1-7,14-15,22H,8-13H2,(H,24,25). The number of benzene rings is 2. The normalized spacial score (nSPS) is 18.4. The smallest absolute Gasteiger partial charge is 0.235 e. The number of piperidine rings is 1. The molecule has 4 nitrogen and oxygen atoms in total. The Balaban J connectivity index is 1.63. The van der Waals surface area contributed by atoms with Gasteiger partial charge in [0.1, 0.15) is 0 Å². The zero-order valence-corrected chi connectivity index (χ0v) is 14.3. The van der Waals surface area contributed by atoms with E-state index in [4.69, 9.17) is 0 Å². The highest BCUT2D eigenvalue weighted by atomic mass is 16.2. The van der Waals surface area contributed by atoms with Crippen molar-refractivity contribution in [1.82, 2.24) is 5.32 Å². The molecule has 0 radical (unpaired) electrons. The minimum Gasteiger partial charge on any atom is -0.325 e. The summed E-state index contributed by atoms with van der Waals surface area (Å²) in [4.78, 5) is 17.6. The van der Waals surface area contributed by atoms with Gasteiger partial charge in [-0.1, -0.05) is 36.4 Å². The molecule has 2 aliphatic heterocycles. The molecule has 1 saturated heterocycles. The van der Waals surface area contributed by atoms with Crippen LogP contribution in [-0.2, 0) is 16.6 Å². The maximum atomic E-state index is 13.3. The van der Waals surface area contributed by atoms with Gasteiger partial charge < -0.3 is 10.6 Å². The molecule has 128 valence electrons. The fourth-order valence-corrected chi connectivity index (χ4v) is 3.88. The molecule has 2 aliphatic rings. The predicted molar refractivity (Wildman–Crippen MR) is 101 cm³/mol. The number of fused-ring (bicyclic) bond motifs is 1. The van der Waals surface area contributed by atoms with E-state index < -0.39 is 5.41 Å². The van der Waals surface area contributed by atoms with Crippen LogP contribution in [0.5, 0.6) is 0 Å². The first-order valence-corrected chi connectivity index (χ1v) is 8.98. The minimum absolute atomic E-state index is 0.0906. The van der Waals surface area contributed by atoms with E-state index in [0.29, 0.717) is 0 Å². The molecule has 0 saturated carbocycles. The minimum atomic E-state index is -0.462. The molecule has 1 fully saturated rings. The molecular formula is C21H23N3O. The van der Waals surface area contributed by atoms with Crippen LogP contribution in [-0.4, -0.2) is 31.8 Å². The third-order valence-corrected chi connectivity index (χ3v) is 5.36. The lowest BCUT2D eigenvalue weighted by Gasteiger charge is -2.36. The second-order valence-electron chi connectivity index (χ2n) is 6.85. The Bertz CT molecular complexity index is 792. The number of nitrogens with one attached hydrogen (secondary N) is 2. The number of hydrogen-bond donors (Lipinski definition) is 2. The van der Waals surface area contributed by atoms with Gasteiger partial charge in [-0.15, -0.1) is 0 Å². The Hall–Kier alpha value is -2.46. The zero-order chi connectivity index (χ0) is 17.1. The molecule has 2 heterocycles. The first-order chi connectivity index (χ1) is 12.3. The van der Waals surface area contributed by atoms with E-state index in [-0.39, 0.29) is 5.91 Å². The Kier molecular flexibility index (Phi) is 4.36. The van der Waals surface area contributed by atoms with E-state index in [1.54, 1.807) is 0 Å². The Morgan fingerprint density at radius 1 is 1.08 bits per heavy atom. The molecule has 0 spiro atoms. The van der Waals surface area contributed by atoms with Crippen LogP contribution in [0.25, 0.3) is 0 Å². The molecule has 0 bridgehead atoms. The second-order valence-corrected chi connectivity index (χ2v) is 6.85. The SMILES string of the molecule is O=C(Nc1ccc2c(c1)C=NCC2)C1(c2ccccc2)CCNCC1. The Morgan fingerprint density at radius 3 is 2.68 bits per heavy atom. The third kappa shape index (κ3) is 3.10. The largest absolute Gasteiger partial charge is 0.325 e. The van der Waals surface area contributed by atoms with Crippen LogP contribution in [0.15, 0.2) is 53.5 Å². The van der Waals surface area contributed by atoms with Gasteiger partial charge in [0.15, 0.2) is 0 Å². The number of carbonyl (C=O) groups is 1. The molecule has 0 aromatic heterocycles. The highest BCUT2D eigenvalue weighted by Gasteiger charge is 2.41. The lowest BCUT2D eigenvalue weighted by Crippen LogP contribution is -2.48. The van der Waals surface area contributed by atoms with Crippen molar-refractivity contribution in [3.05, 3.63) is 65.2 Å². The van der Waals surface area contributed by atoms with E-state index in [1.807, 2.05) is 36.5 Å². The molecule has 0 aliphatic carbocycles. The van der Waals surface area contributed by atoms with Crippen LogP contribution in [0, 0.1) is 0 Å². The van der Waals surface area contributed by atoms with Gasteiger partial charge in [0, 0.05) is 18.4 Å². The number of nitrogens with zero attached hydrogens (tertiary/aromatic N) is 1. The monoisotopic (exact) mass is 333 g/mol. The van der Waals surface area contributed by atoms with Crippen LogP contribution < -0.4 is 10.6 Å². The lowest BCUT2D eigenvalue weighted by molar-refractivity contribution is -0.122. The van der Waals surface area contributed by atoms with Crippen molar-refractivity contribution in [2.45, 2.75) is 24.7 Å². The van der Waals surface area contributed by atoms with Gasteiger partial charge in [-0.3, -0.25) is 9.79 Å². The van der Waals surface area contributed by atoms with Gasteiger partial charge in [0.25, 0.3) is 0 Å². The molecule has 2 aromatic rings. The Labute approximate surface area is 148 Å². The summed E-state index contributed by atoms with van der Waals surface area (Å²) in [6.45, 7) is 2.57. The molecule has 25 heavy (non-hydrogen) atoms. The van der Waals surface area contributed by atoms with E-state index in [1.165, 1.54) is 5.56 Å². The first-order valence-electron chi connectivity index (χ1n) is 8.98. The summed E-state index contributed by atoms with van der Waals surface area (Å²) in [5, 5.41) is 6.54. The summed E-state index contributed by atoms with van der Waals surface area (Å²) < 4.78 is 0. The molecule has 1 amide bonds. The average Bonchev–Trinajstić information content (AvgIpc) is 2.69. The topological polar surface area (TPSA) is 53.5 Å². The molecule has 0 unspecified atom stereocenters. The number of carbonyl (C=O) groups excluding carboxylic acids is 1. The van der Waals surface area contributed by atoms with Crippen molar-refractivity contribution < 1.29 is 4.79 Å². The average molecular weight is 333 g/mol. The number of amides is 1. The van der Waals surface area contributed by atoms with Gasteiger partial charge in [-0.25, -0.2) is 0 Å². The highest BCUT2D eigenvalue weighted by Crippen LogP contribution is 2.35. The quantitative estimate of drug-likeness (QED) is 0.907. The molecular weight excluding hydrogens is 310 g/mol. The second kappa shape index (κ2) is 6.81. The number of aliphatic imine (C=N–C) groups is 1. The molecule has 4 heteroatoms. The lowest BCUT2D eigenvalue weighted by atomic mass is 9.72. The summed E-state index contributed by atoms with van der Waals surface area (Å²) in [6, 6.07) is 16.3. The summed E-state index contributed by atoms with van der Waals surface area (Å²) in [5.41, 5.74) is 3.91. The van der Waals surface area contributed by atoms with Crippen molar-refractivity contribution in [3.8, 4) is 0 Å². The van der Waals surface area contributed by atoms with Crippen molar-refractivity contribution in [2.24, 2.45) is 4.99 Å². The fraction of sp³-hybridized carbons (Fsp3) is 0.333. The highest BCUT2D eigenvalue weighted by molar-refractivity contribution is 6.00. The first kappa shape index (κ1) is 16.0. The van der Waals surface area contributed by atoms with E-state index >= 15 is 0 Å². The van der Waals surface area contributed by atoms with E-state index in [2.05, 4.69) is 33.8 Å². The van der Waals surface area contributed by atoms with Crippen LogP contribution in [0.2, 0.25) is 0 Å². The van der Waals surface area contributed by atoms with Crippen molar-refractivity contribution >= 4 is 17.8 Å². The van der Waals surface area contributed by atoms with Crippen molar-refractivity contribution in [3.63, 3.8) is 0 Å². The van der Waals surface area contributed by atoms with Crippen LogP contribution in [0.3, 0.4) is 0 Å². The van der Waals surface area contributed by atoms with Gasteiger partial charge in [-0.05, 0) is 61.2 Å². The van der Waals surface area contributed by atoms with Crippen LogP contribution in [0.4, 0.5) is 5.69 Å². The van der Waals surface area contributed by atoms with Gasteiger partial charge in [0.05, 0.1) is 5.41 Å². The zero-order valence-electron chi connectivity index (χ0n) is 14.3. The fourth-order valence-electron chi connectivity index (χ4n) is 3.88. The molecule has 4 rings (SSSR count). The summed E-state index contributed by atoms with van der Waals surface area (Å²) in [7, 11) is 0. The number of anilines is 1. The maximum Gasteiger partial charge on any atom is 0.235 e. The summed E-state index contributed by atoms with van der Waals surface area (Å²) >= 11 is 0. The Morgan fingerprint density at radius 2 is 1.88 bits per heavy atom. The number of rotatable bonds is 3. The van der Waals surface area contributed by atoms with Gasteiger partial charge in [0.2, 0.25) is 5.91 Å². The van der Waals surface area contributed by atoms with E-state index in [9.17, 15) is 4.79 Å². The van der Waals surface area contributed by atoms with Crippen LogP contribution in [0.1, 0.15) is 29.5 Å². The van der Waals surface area contributed by atoms with Gasteiger partial charge >= 0.3 is 0 Å². The predicted octanol–water partition coefficient (Wildman–Crippen LogP) is 2.92. The van der Waals surface area contributed by atoms with E-state index in [0.717, 1.165) is 55.7 Å².